The van der Waals surface area contributed by atoms with Crippen LogP contribution in [0.3, 0.4) is 0 Å². The van der Waals surface area contributed by atoms with Crippen LogP contribution in [0.2, 0.25) is 0 Å². The van der Waals surface area contributed by atoms with Crippen molar-refractivity contribution in [1.82, 2.24) is 15.5 Å². The molecular formula is C31H43F2N3O4S. The fourth-order valence-corrected chi connectivity index (χ4v) is 6.16. The highest BCUT2D eigenvalue weighted by Crippen LogP contribution is 2.36. The van der Waals surface area contributed by atoms with Crippen molar-refractivity contribution in [2.75, 3.05) is 25.9 Å². The number of carbonyl (C=O) groups excluding carboxylic acids is 2. The minimum absolute atomic E-state index is 0. The van der Waals surface area contributed by atoms with Crippen LogP contribution in [0.5, 0.6) is 0 Å². The summed E-state index contributed by atoms with van der Waals surface area (Å²) in [6, 6.07) is 16.0. The average Bonchev–Trinajstić information content (AvgIpc) is 2.92. The molecule has 2 N–H and O–H groups in total. The number of nitrogens with one attached hydrogen (secondary N) is 2. The standard InChI is InChI=1S/C30H39F2N3O4S.CH4/c1-40(38,39)26-9-7-22(8-10-26)21-28(36)33-25-13-18-35(19-14-25)20-15-27(23-5-3-2-4-6-23)34-29(37)24-11-16-30(31,32)17-12-24;/h2-10,24-25,27H,11-21H2,1H3,(H,33,36)(H,34,37);1H4/t27-;/m0./s1. The van der Waals surface area contributed by atoms with E-state index >= 15 is 0 Å². The Bertz CT molecular complexity index is 1240. The number of likely N-dealkylation sites (tertiary alicyclic amines) is 1. The number of sulfone groups is 1. The van der Waals surface area contributed by atoms with Crippen LogP contribution in [0, 0.1) is 5.92 Å². The molecule has 1 saturated heterocycles. The fraction of sp³-hybridized carbons (Fsp3) is 0.548. The minimum atomic E-state index is -3.27. The summed E-state index contributed by atoms with van der Waals surface area (Å²) in [4.78, 5) is 28.1. The van der Waals surface area contributed by atoms with E-state index in [1.165, 1.54) is 12.1 Å². The van der Waals surface area contributed by atoms with E-state index in [0.29, 0.717) is 6.42 Å². The molecule has 0 bridgehead atoms. The topological polar surface area (TPSA) is 95.6 Å². The first kappa shape index (κ1) is 32.7. The Morgan fingerprint density at radius 2 is 1.59 bits per heavy atom. The van der Waals surface area contributed by atoms with Gasteiger partial charge in [0, 0.05) is 50.7 Å². The van der Waals surface area contributed by atoms with Crippen LogP contribution >= 0.6 is 0 Å². The van der Waals surface area contributed by atoms with Gasteiger partial charge in [0.05, 0.1) is 17.4 Å². The van der Waals surface area contributed by atoms with Gasteiger partial charge in [-0.2, -0.15) is 0 Å². The summed E-state index contributed by atoms with van der Waals surface area (Å²) in [6.45, 7) is 2.41. The predicted molar refractivity (Wildman–Crippen MR) is 156 cm³/mol. The Kier molecular flexibility index (Phi) is 11.4. The smallest absolute Gasteiger partial charge is 0.248 e. The number of alkyl halides is 2. The van der Waals surface area contributed by atoms with Crippen LogP contribution in [-0.4, -0.2) is 63.0 Å². The molecule has 2 aromatic carbocycles. The van der Waals surface area contributed by atoms with E-state index in [-0.39, 0.29) is 74.2 Å². The van der Waals surface area contributed by atoms with Gasteiger partial charge < -0.3 is 15.5 Å². The second kappa shape index (κ2) is 14.4. The minimum Gasteiger partial charge on any atom is -0.353 e. The first-order chi connectivity index (χ1) is 19.0. The summed E-state index contributed by atoms with van der Waals surface area (Å²) < 4.78 is 50.4. The normalized spacial score (nSPS) is 19.1. The molecule has 0 spiro atoms. The van der Waals surface area contributed by atoms with E-state index in [4.69, 9.17) is 0 Å². The zero-order valence-corrected chi connectivity index (χ0v) is 23.8. The molecule has 2 amide bonds. The van der Waals surface area contributed by atoms with Crippen LogP contribution in [-0.2, 0) is 25.8 Å². The number of amides is 2. The predicted octanol–water partition coefficient (Wildman–Crippen LogP) is 4.92. The van der Waals surface area contributed by atoms with Gasteiger partial charge in [-0.25, -0.2) is 17.2 Å². The van der Waals surface area contributed by atoms with Crippen molar-refractivity contribution in [2.45, 2.75) is 81.7 Å². The first-order valence-electron chi connectivity index (χ1n) is 14.0. The number of hydrogen-bond donors (Lipinski definition) is 2. The van der Waals surface area contributed by atoms with Crippen LogP contribution < -0.4 is 10.6 Å². The lowest BCUT2D eigenvalue weighted by molar-refractivity contribution is -0.130. The van der Waals surface area contributed by atoms with Crippen molar-refractivity contribution in [2.24, 2.45) is 5.92 Å². The summed E-state index contributed by atoms with van der Waals surface area (Å²) in [5.41, 5.74) is 1.77. The van der Waals surface area contributed by atoms with Gasteiger partial charge in [0.1, 0.15) is 0 Å². The van der Waals surface area contributed by atoms with Crippen LogP contribution in [0.1, 0.15) is 69.5 Å². The maximum atomic E-state index is 13.6. The molecule has 0 aromatic heterocycles. The molecule has 41 heavy (non-hydrogen) atoms. The fourth-order valence-electron chi connectivity index (χ4n) is 5.53. The highest BCUT2D eigenvalue weighted by Gasteiger charge is 2.37. The van der Waals surface area contributed by atoms with Gasteiger partial charge in [0.15, 0.2) is 9.84 Å². The number of halogens is 2. The Balaban J connectivity index is 0.00000462. The third-order valence-corrected chi connectivity index (χ3v) is 9.14. The molecule has 4 rings (SSSR count). The second-order valence-electron chi connectivity index (χ2n) is 11.2. The van der Waals surface area contributed by atoms with Crippen molar-refractivity contribution in [1.29, 1.82) is 0 Å². The Hall–Kier alpha value is -2.85. The number of hydrogen-bond acceptors (Lipinski definition) is 5. The van der Waals surface area contributed by atoms with E-state index in [1.807, 2.05) is 30.3 Å². The maximum Gasteiger partial charge on any atom is 0.248 e. The molecule has 0 unspecified atom stereocenters. The second-order valence-corrected chi connectivity index (χ2v) is 13.2. The Morgan fingerprint density at radius 1 is 0.976 bits per heavy atom. The number of carbonyl (C=O) groups is 2. The first-order valence-corrected chi connectivity index (χ1v) is 15.9. The van der Waals surface area contributed by atoms with Crippen LogP contribution in [0.25, 0.3) is 0 Å². The summed E-state index contributed by atoms with van der Waals surface area (Å²) in [5.74, 6) is -3.26. The molecule has 7 nitrogen and oxygen atoms in total. The van der Waals surface area contributed by atoms with Crippen molar-refractivity contribution >= 4 is 21.7 Å². The van der Waals surface area contributed by atoms with Crippen LogP contribution in [0.15, 0.2) is 59.5 Å². The third kappa shape index (κ3) is 9.88. The molecule has 10 heteroatoms. The maximum absolute atomic E-state index is 13.6. The molecule has 1 atom stereocenters. The SMILES string of the molecule is C.CS(=O)(=O)c1ccc(CC(=O)NC2CCN(CC[C@H](NC(=O)C3CCC(F)(F)CC3)c3ccccc3)CC2)cc1. The summed E-state index contributed by atoms with van der Waals surface area (Å²) >= 11 is 0. The highest BCUT2D eigenvalue weighted by molar-refractivity contribution is 7.90. The lowest BCUT2D eigenvalue weighted by Crippen LogP contribution is -2.46. The van der Waals surface area contributed by atoms with Gasteiger partial charge in [0.2, 0.25) is 17.7 Å². The lowest BCUT2D eigenvalue weighted by Gasteiger charge is -2.34. The Labute approximate surface area is 243 Å². The largest absolute Gasteiger partial charge is 0.353 e. The molecule has 226 valence electrons. The van der Waals surface area contributed by atoms with E-state index in [1.54, 1.807) is 12.1 Å². The number of piperidine rings is 1. The van der Waals surface area contributed by atoms with Gasteiger partial charge in [-0.3, -0.25) is 9.59 Å². The van der Waals surface area contributed by atoms with E-state index in [9.17, 15) is 26.8 Å². The molecule has 2 fully saturated rings. The molecular weight excluding hydrogens is 548 g/mol. The summed E-state index contributed by atoms with van der Waals surface area (Å²) in [6.07, 6.45) is 3.65. The lowest BCUT2D eigenvalue weighted by atomic mass is 9.86. The van der Waals surface area contributed by atoms with E-state index < -0.39 is 15.8 Å². The van der Waals surface area contributed by atoms with Gasteiger partial charge in [0.25, 0.3) is 0 Å². The molecule has 1 saturated carbocycles. The monoisotopic (exact) mass is 591 g/mol. The van der Waals surface area contributed by atoms with Gasteiger partial charge in [-0.05, 0) is 55.4 Å². The van der Waals surface area contributed by atoms with Crippen molar-refractivity contribution in [3.63, 3.8) is 0 Å². The van der Waals surface area contributed by atoms with E-state index in [0.717, 1.165) is 49.9 Å². The van der Waals surface area contributed by atoms with Gasteiger partial charge in [-0.15, -0.1) is 0 Å². The summed E-state index contributed by atoms with van der Waals surface area (Å²) in [7, 11) is -3.27. The van der Waals surface area contributed by atoms with Crippen molar-refractivity contribution < 1.29 is 26.8 Å². The number of rotatable bonds is 10. The van der Waals surface area contributed by atoms with E-state index in [2.05, 4.69) is 15.5 Å². The van der Waals surface area contributed by atoms with Crippen LogP contribution in [0.4, 0.5) is 8.78 Å². The molecule has 1 aliphatic carbocycles. The molecule has 2 aliphatic rings. The number of benzene rings is 2. The molecule has 1 heterocycles. The zero-order chi connectivity index (χ0) is 28.8. The Morgan fingerprint density at radius 3 is 2.17 bits per heavy atom. The third-order valence-electron chi connectivity index (χ3n) is 8.01. The molecule has 0 radical (unpaired) electrons. The highest BCUT2D eigenvalue weighted by atomic mass is 32.2. The van der Waals surface area contributed by atoms with Crippen molar-refractivity contribution in [3.05, 3.63) is 65.7 Å². The average molecular weight is 592 g/mol. The molecule has 2 aromatic rings. The quantitative estimate of drug-likeness (QED) is 0.409. The zero-order valence-electron chi connectivity index (χ0n) is 23.0. The van der Waals surface area contributed by atoms with Crippen molar-refractivity contribution in [3.8, 4) is 0 Å². The van der Waals surface area contributed by atoms with Gasteiger partial charge >= 0.3 is 0 Å². The molecule has 1 aliphatic heterocycles. The number of nitrogens with zero attached hydrogens (tertiary/aromatic N) is 1. The van der Waals surface area contributed by atoms with Gasteiger partial charge in [-0.1, -0.05) is 49.9 Å². The summed E-state index contributed by atoms with van der Waals surface area (Å²) in [5, 5.41) is 6.24.